The lowest BCUT2D eigenvalue weighted by Gasteiger charge is -2.00. The number of rotatable bonds is 3. The fraction of sp³-hybridized carbons (Fsp3) is 0.111. The first-order valence-corrected chi connectivity index (χ1v) is 5.14. The van der Waals surface area contributed by atoms with Crippen LogP contribution in [0, 0.1) is 0 Å². The average Bonchev–Trinajstić information content (AvgIpc) is 2.84. The van der Waals surface area contributed by atoms with Crippen LogP contribution in [-0.2, 0) is 6.54 Å². The Morgan fingerprint density at radius 1 is 1.53 bits per heavy atom. The highest BCUT2D eigenvalue weighted by atomic mass is 79.9. The van der Waals surface area contributed by atoms with Gasteiger partial charge in [-0.1, -0.05) is 0 Å². The van der Waals surface area contributed by atoms with Gasteiger partial charge in [0.25, 0.3) is 5.91 Å². The maximum atomic E-state index is 11.6. The van der Waals surface area contributed by atoms with E-state index >= 15 is 0 Å². The SMILES string of the molecule is O=C(NCc1cnc[nH]1)c1cc(Br)c[nH]1. The Bertz CT molecular complexity index is 448. The van der Waals surface area contributed by atoms with E-state index in [0.717, 1.165) is 10.2 Å². The fourth-order valence-corrected chi connectivity index (χ4v) is 1.49. The Labute approximate surface area is 94.4 Å². The summed E-state index contributed by atoms with van der Waals surface area (Å²) in [5, 5.41) is 2.75. The minimum Gasteiger partial charge on any atom is -0.356 e. The average molecular weight is 269 g/mol. The quantitative estimate of drug-likeness (QED) is 0.788. The summed E-state index contributed by atoms with van der Waals surface area (Å²) in [6.07, 6.45) is 4.96. The van der Waals surface area contributed by atoms with Crippen molar-refractivity contribution in [3.63, 3.8) is 0 Å². The fourth-order valence-electron chi connectivity index (χ4n) is 1.15. The molecule has 0 atom stereocenters. The number of H-pyrrole nitrogens is 2. The van der Waals surface area contributed by atoms with E-state index in [4.69, 9.17) is 0 Å². The third-order valence-electron chi connectivity index (χ3n) is 1.89. The van der Waals surface area contributed by atoms with Crippen molar-refractivity contribution in [2.45, 2.75) is 6.54 Å². The van der Waals surface area contributed by atoms with E-state index in [2.05, 4.69) is 36.2 Å². The molecule has 0 bridgehead atoms. The van der Waals surface area contributed by atoms with E-state index in [1.807, 2.05) is 0 Å². The molecule has 0 fully saturated rings. The van der Waals surface area contributed by atoms with Gasteiger partial charge in [0.1, 0.15) is 5.69 Å². The third-order valence-corrected chi connectivity index (χ3v) is 2.34. The van der Waals surface area contributed by atoms with E-state index in [1.165, 1.54) is 0 Å². The number of aromatic amines is 2. The molecule has 0 saturated heterocycles. The van der Waals surface area contributed by atoms with Crippen molar-refractivity contribution in [2.24, 2.45) is 0 Å². The van der Waals surface area contributed by atoms with Crippen LogP contribution in [0.15, 0.2) is 29.3 Å². The molecule has 6 heteroatoms. The Hall–Kier alpha value is -1.56. The first kappa shape index (κ1) is 9.97. The molecule has 0 radical (unpaired) electrons. The van der Waals surface area contributed by atoms with E-state index in [0.29, 0.717) is 12.2 Å². The summed E-state index contributed by atoms with van der Waals surface area (Å²) in [7, 11) is 0. The number of amides is 1. The monoisotopic (exact) mass is 268 g/mol. The highest BCUT2D eigenvalue weighted by Crippen LogP contribution is 2.10. The van der Waals surface area contributed by atoms with Gasteiger partial charge in [0.05, 0.1) is 18.6 Å². The molecule has 78 valence electrons. The zero-order valence-electron chi connectivity index (χ0n) is 7.75. The summed E-state index contributed by atoms with van der Waals surface area (Å²) in [5.74, 6) is -0.143. The molecule has 0 aliphatic heterocycles. The summed E-state index contributed by atoms with van der Waals surface area (Å²) in [6, 6.07) is 1.72. The van der Waals surface area contributed by atoms with E-state index in [-0.39, 0.29) is 5.91 Å². The summed E-state index contributed by atoms with van der Waals surface area (Å²) in [4.78, 5) is 21.2. The molecule has 0 aromatic carbocycles. The van der Waals surface area contributed by atoms with Gasteiger partial charge in [0.2, 0.25) is 0 Å². The third kappa shape index (κ3) is 2.47. The van der Waals surface area contributed by atoms with Gasteiger partial charge >= 0.3 is 0 Å². The molecule has 2 aromatic heterocycles. The maximum Gasteiger partial charge on any atom is 0.268 e. The van der Waals surface area contributed by atoms with Gasteiger partial charge in [-0.15, -0.1) is 0 Å². The summed E-state index contributed by atoms with van der Waals surface area (Å²) >= 11 is 3.26. The van der Waals surface area contributed by atoms with Crippen LogP contribution in [0.1, 0.15) is 16.2 Å². The minimum absolute atomic E-state index is 0.143. The van der Waals surface area contributed by atoms with E-state index < -0.39 is 0 Å². The van der Waals surface area contributed by atoms with Crippen molar-refractivity contribution < 1.29 is 4.79 Å². The van der Waals surface area contributed by atoms with Crippen molar-refractivity contribution in [2.75, 3.05) is 0 Å². The largest absolute Gasteiger partial charge is 0.356 e. The van der Waals surface area contributed by atoms with Crippen molar-refractivity contribution in [1.82, 2.24) is 20.3 Å². The van der Waals surface area contributed by atoms with Crippen molar-refractivity contribution >= 4 is 21.8 Å². The molecule has 15 heavy (non-hydrogen) atoms. The minimum atomic E-state index is -0.143. The van der Waals surface area contributed by atoms with E-state index in [9.17, 15) is 4.79 Å². The molecule has 2 heterocycles. The lowest BCUT2D eigenvalue weighted by molar-refractivity contribution is 0.0946. The summed E-state index contributed by atoms with van der Waals surface area (Å²) in [5.41, 5.74) is 1.40. The number of carbonyl (C=O) groups is 1. The van der Waals surface area contributed by atoms with Gasteiger partial charge in [0.15, 0.2) is 0 Å². The van der Waals surface area contributed by atoms with Crippen LogP contribution in [0.2, 0.25) is 0 Å². The second-order valence-electron chi connectivity index (χ2n) is 2.99. The number of carbonyl (C=O) groups excluding carboxylic acids is 1. The first-order valence-electron chi connectivity index (χ1n) is 4.35. The van der Waals surface area contributed by atoms with Crippen LogP contribution in [0.25, 0.3) is 0 Å². The van der Waals surface area contributed by atoms with Crippen LogP contribution < -0.4 is 5.32 Å². The summed E-state index contributed by atoms with van der Waals surface area (Å²) < 4.78 is 0.856. The maximum absolute atomic E-state index is 11.6. The molecule has 2 aromatic rings. The molecule has 1 amide bonds. The molecule has 0 spiro atoms. The number of nitrogens with one attached hydrogen (secondary N) is 3. The predicted octanol–water partition coefficient (Wildman–Crippen LogP) is 1.43. The molecule has 0 unspecified atom stereocenters. The van der Waals surface area contributed by atoms with Gasteiger partial charge in [-0.2, -0.15) is 0 Å². The number of aromatic nitrogens is 3. The normalized spacial score (nSPS) is 10.2. The second kappa shape index (κ2) is 4.31. The molecule has 0 saturated carbocycles. The van der Waals surface area contributed by atoms with E-state index in [1.54, 1.807) is 24.8 Å². The Morgan fingerprint density at radius 2 is 2.40 bits per heavy atom. The van der Waals surface area contributed by atoms with Gasteiger partial charge in [-0.05, 0) is 22.0 Å². The molecule has 5 nitrogen and oxygen atoms in total. The first-order chi connectivity index (χ1) is 7.25. The van der Waals surface area contributed by atoms with Crippen LogP contribution in [-0.4, -0.2) is 20.9 Å². The lowest BCUT2D eigenvalue weighted by Crippen LogP contribution is -2.23. The highest BCUT2D eigenvalue weighted by molar-refractivity contribution is 9.10. The molecular weight excluding hydrogens is 260 g/mol. The zero-order valence-corrected chi connectivity index (χ0v) is 9.34. The van der Waals surface area contributed by atoms with Gasteiger partial charge in [-0.3, -0.25) is 4.79 Å². The van der Waals surface area contributed by atoms with Crippen LogP contribution in [0.5, 0.6) is 0 Å². The number of nitrogens with zero attached hydrogens (tertiary/aromatic N) is 1. The highest BCUT2D eigenvalue weighted by Gasteiger charge is 2.07. The van der Waals surface area contributed by atoms with Crippen molar-refractivity contribution in [3.05, 3.63) is 40.6 Å². The number of hydrogen-bond acceptors (Lipinski definition) is 2. The topological polar surface area (TPSA) is 73.6 Å². The lowest BCUT2D eigenvalue weighted by atomic mass is 10.4. The molecule has 2 rings (SSSR count). The van der Waals surface area contributed by atoms with Crippen molar-refractivity contribution in [3.8, 4) is 0 Å². The summed E-state index contributed by atoms with van der Waals surface area (Å²) in [6.45, 7) is 0.440. The number of hydrogen-bond donors (Lipinski definition) is 3. The smallest absolute Gasteiger partial charge is 0.268 e. The Balaban J connectivity index is 1.93. The van der Waals surface area contributed by atoms with Gasteiger partial charge in [0, 0.05) is 16.9 Å². The zero-order chi connectivity index (χ0) is 10.7. The van der Waals surface area contributed by atoms with Gasteiger partial charge in [-0.25, -0.2) is 4.98 Å². The standard InChI is InChI=1S/C9H9BrN4O/c10-6-1-8(12-2-6)9(15)13-4-7-3-11-5-14-7/h1-3,5,12H,4H2,(H,11,14)(H,13,15). The second-order valence-corrected chi connectivity index (χ2v) is 3.91. The molecule has 0 aliphatic carbocycles. The molecule has 0 aliphatic rings. The van der Waals surface area contributed by atoms with Crippen LogP contribution >= 0.6 is 15.9 Å². The van der Waals surface area contributed by atoms with Crippen LogP contribution in [0.4, 0.5) is 0 Å². The van der Waals surface area contributed by atoms with Crippen molar-refractivity contribution in [1.29, 1.82) is 0 Å². The number of imidazole rings is 1. The van der Waals surface area contributed by atoms with Gasteiger partial charge < -0.3 is 15.3 Å². The Kier molecular flexibility index (Phi) is 2.86. The molecular formula is C9H9BrN4O. The van der Waals surface area contributed by atoms with Crippen LogP contribution in [0.3, 0.4) is 0 Å². The molecule has 3 N–H and O–H groups in total. The predicted molar refractivity (Wildman–Crippen MR) is 58.3 cm³/mol. The number of halogens is 1. The Morgan fingerprint density at radius 3 is 3.00 bits per heavy atom.